The number of benzene rings is 1. The lowest BCUT2D eigenvalue weighted by molar-refractivity contribution is 0.397. The Labute approximate surface area is 101 Å². The highest BCUT2D eigenvalue weighted by atomic mass is 35.5. The highest BCUT2D eigenvalue weighted by Crippen LogP contribution is 2.26. The molecule has 90 valence electrons. The zero-order valence-electron chi connectivity index (χ0n) is 9.63. The van der Waals surface area contributed by atoms with Crippen molar-refractivity contribution in [3.8, 4) is 0 Å². The second kappa shape index (κ2) is 6.18. The van der Waals surface area contributed by atoms with E-state index in [4.69, 9.17) is 17.4 Å². The second-order valence-electron chi connectivity index (χ2n) is 4.13. The van der Waals surface area contributed by atoms with Gasteiger partial charge < -0.3 is 0 Å². The van der Waals surface area contributed by atoms with E-state index in [1.165, 1.54) is 6.07 Å². The van der Waals surface area contributed by atoms with E-state index in [0.717, 1.165) is 12.8 Å². The molecule has 0 amide bonds. The Balaban J connectivity index is 2.86. The first-order chi connectivity index (χ1) is 7.58. The molecule has 1 aromatic rings. The summed E-state index contributed by atoms with van der Waals surface area (Å²) >= 11 is 5.71. The predicted octanol–water partition coefficient (Wildman–Crippen LogP) is 3.42. The molecule has 0 aliphatic rings. The van der Waals surface area contributed by atoms with E-state index in [2.05, 4.69) is 19.3 Å². The maximum Gasteiger partial charge on any atom is 0.129 e. The number of hydrazine groups is 1. The van der Waals surface area contributed by atoms with Gasteiger partial charge in [-0.2, -0.15) is 0 Å². The topological polar surface area (TPSA) is 38.0 Å². The Morgan fingerprint density at radius 3 is 2.69 bits per heavy atom. The Hall–Kier alpha value is -0.640. The molecule has 1 aromatic carbocycles. The maximum atomic E-state index is 13.7. The molecule has 2 nitrogen and oxygen atoms in total. The number of halogens is 2. The number of hydrogen-bond donors (Lipinski definition) is 2. The number of nitrogens with two attached hydrogens (primary N) is 1. The van der Waals surface area contributed by atoms with Crippen LogP contribution >= 0.6 is 11.6 Å². The van der Waals surface area contributed by atoms with Crippen LogP contribution in [0, 0.1) is 11.7 Å². The highest BCUT2D eigenvalue weighted by molar-refractivity contribution is 6.30. The van der Waals surface area contributed by atoms with Crippen molar-refractivity contribution < 1.29 is 4.39 Å². The van der Waals surface area contributed by atoms with Gasteiger partial charge in [-0.05, 0) is 24.5 Å². The summed E-state index contributed by atoms with van der Waals surface area (Å²) in [4.78, 5) is 0. The molecule has 0 spiro atoms. The summed E-state index contributed by atoms with van der Waals surface area (Å²) in [6, 6.07) is 4.52. The largest absolute Gasteiger partial charge is 0.271 e. The van der Waals surface area contributed by atoms with Gasteiger partial charge in [0, 0.05) is 16.6 Å². The van der Waals surface area contributed by atoms with Crippen LogP contribution < -0.4 is 11.3 Å². The molecule has 0 saturated heterocycles. The minimum Gasteiger partial charge on any atom is -0.271 e. The van der Waals surface area contributed by atoms with Crippen molar-refractivity contribution in [3.63, 3.8) is 0 Å². The van der Waals surface area contributed by atoms with Crippen LogP contribution in [0.4, 0.5) is 4.39 Å². The number of rotatable bonds is 5. The fourth-order valence-electron chi connectivity index (χ4n) is 1.64. The van der Waals surface area contributed by atoms with Crippen LogP contribution in [0.5, 0.6) is 0 Å². The van der Waals surface area contributed by atoms with E-state index < -0.39 is 0 Å². The van der Waals surface area contributed by atoms with Gasteiger partial charge in [0.25, 0.3) is 0 Å². The molecule has 4 heteroatoms. The van der Waals surface area contributed by atoms with Gasteiger partial charge >= 0.3 is 0 Å². The molecule has 0 aliphatic heterocycles. The Bertz CT molecular complexity index is 344. The van der Waals surface area contributed by atoms with Crippen molar-refractivity contribution in [1.29, 1.82) is 0 Å². The van der Waals surface area contributed by atoms with Crippen LogP contribution in [0.15, 0.2) is 18.2 Å². The molecule has 16 heavy (non-hydrogen) atoms. The fourth-order valence-corrected chi connectivity index (χ4v) is 1.80. The molecular formula is C12H18ClFN2. The summed E-state index contributed by atoms with van der Waals surface area (Å²) in [5.74, 6) is 5.65. The Morgan fingerprint density at radius 1 is 1.50 bits per heavy atom. The number of hydrogen-bond acceptors (Lipinski definition) is 2. The highest BCUT2D eigenvalue weighted by Gasteiger charge is 2.16. The summed E-state index contributed by atoms with van der Waals surface area (Å²) in [5, 5.41) is 0.403. The average molecular weight is 245 g/mol. The Morgan fingerprint density at radius 2 is 2.19 bits per heavy atom. The van der Waals surface area contributed by atoms with Crippen LogP contribution in [0.3, 0.4) is 0 Å². The average Bonchev–Trinajstić information content (AvgIpc) is 2.26. The van der Waals surface area contributed by atoms with Gasteiger partial charge in [0.1, 0.15) is 5.82 Å². The lowest BCUT2D eigenvalue weighted by Crippen LogP contribution is -2.30. The molecule has 2 unspecified atom stereocenters. The molecular weight excluding hydrogens is 227 g/mol. The third kappa shape index (κ3) is 3.44. The first kappa shape index (κ1) is 13.4. The molecule has 0 aliphatic carbocycles. The van der Waals surface area contributed by atoms with Crippen LogP contribution in [-0.4, -0.2) is 0 Å². The van der Waals surface area contributed by atoms with Crippen molar-refractivity contribution >= 4 is 11.6 Å². The van der Waals surface area contributed by atoms with Gasteiger partial charge in [-0.1, -0.05) is 37.9 Å². The van der Waals surface area contributed by atoms with E-state index in [1.54, 1.807) is 12.1 Å². The first-order valence-electron chi connectivity index (χ1n) is 5.49. The summed E-state index contributed by atoms with van der Waals surface area (Å²) in [6.45, 7) is 4.23. The summed E-state index contributed by atoms with van der Waals surface area (Å²) in [7, 11) is 0. The zero-order chi connectivity index (χ0) is 12.1. The maximum absolute atomic E-state index is 13.7. The van der Waals surface area contributed by atoms with Crippen molar-refractivity contribution in [2.24, 2.45) is 11.8 Å². The van der Waals surface area contributed by atoms with Gasteiger partial charge in [-0.25, -0.2) is 4.39 Å². The van der Waals surface area contributed by atoms with Crippen LogP contribution in [0.25, 0.3) is 0 Å². The van der Waals surface area contributed by atoms with Crippen molar-refractivity contribution in [1.82, 2.24) is 5.43 Å². The smallest absolute Gasteiger partial charge is 0.129 e. The number of nitrogens with one attached hydrogen (secondary N) is 1. The van der Waals surface area contributed by atoms with E-state index >= 15 is 0 Å². The van der Waals surface area contributed by atoms with E-state index in [1.807, 2.05) is 0 Å². The van der Waals surface area contributed by atoms with Crippen LogP contribution in [0.1, 0.15) is 38.3 Å². The van der Waals surface area contributed by atoms with Gasteiger partial charge in [-0.3, -0.25) is 11.3 Å². The minimum atomic E-state index is -0.307. The van der Waals surface area contributed by atoms with Crippen LogP contribution in [0.2, 0.25) is 5.02 Å². The predicted molar refractivity (Wildman–Crippen MR) is 65.5 cm³/mol. The SMILES string of the molecule is CCC(C)CC(NN)c1ccc(Cl)cc1F. The molecule has 0 fully saturated rings. The standard InChI is InChI=1S/C12H18ClFN2/c1-3-8(2)6-12(16-15)10-5-4-9(13)7-11(10)14/h4-5,7-8,12,16H,3,6,15H2,1-2H3. The monoisotopic (exact) mass is 244 g/mol. The van der Waals surface area contributed by atoms with E-state index in [9.17, 15) is 4.39 Å². The molecule has 3 N–H and O–H groups in total. The van der Waals surface area contributed by atoms with Gasteiger partial charge in [-0.15, -0.1) is 0 Å². The van der Waals surface area contributed by atoms with E-state index in [0.29, 0.717) is 16.5 Å². The first-order valence-corrected chi connectivity index (χ1v) is 5.87. The fraction of sp³-hybridized carbons (Fsp3) is 0.500. The molecule has 0 saturated carbocycles. The summed E-state index contributed by atoms with van der Waals surface area (Å²) in [5.41, 5.74) is 3.24. The normalized spacial score (nSPS) is 14.8. The Kier molecular flexibility index (Phi) is 5.19. The quantitative estimate of drug-likeness (QED) is 0.615. The van der Waals surface area contributed by atoms with Crippen molar-refractivity contribution in [3.05, 3.63) is 34.6 Å². The molecule has 2 atom stereocenters. The minimum absolute atomic E-state index is 0.160. The van der Waals surface area contributed by atoms with E-state index in [-0.39, 0.29) is 11.9 Å². The third-order valence-electron chi connectivity index (χ3n) is 2.87. The zero-order valence-corrected chi connectivity index (χ0v) is 10.4. The van der Waals surface area contributed by atoms with Crippen molar-refractivity contribution in [2.75, 3.05) is 0 Å². The second-order valence-corrected chi connectivity index (χ2v) is 4.57. The van der Waals surface area contributed by atoms with Crippen molar-refractivity contribution in [2.45, 2.75) is 32.7 Å². The van der Waals surface area contributed by atoms with Gasteiger partial charge in [0.05, 0.1) is 0 Å². The molecule has 0 heterocycles. The molecule has 0 aromatic heterocycles. The molecule has 0 bridgehead atoms. The third-order valence-corrected chi connectivity index (χ3v) is 3.11. The summed E-state index contributed by atoms with van der Waals surface area (Å²) in [6.07, 6.45) is 1.86. The van der Waals surface area contributed by atoms with Crippen LogP contribution in [-0.2, 0) is 0 Å². The molecule has 0 radical (unpaired) electrons. The molecule has 1 rings (SSSR count). The van der Waals surface area contributed by atoms with Gasteiger partial charge in [0.2, 0.25) is 0 Å². The lowest BCUT2D eigenvalue weighted by atomic mass is 9.94. The lowest BCUT2D eigenvalue weighted by Gasteiger charge is -2.20. The van der Waals surface area contributed by atoms with Gasteiger partial charge in [0.15, 0.2) is 0 Å². The summed E-state index contributed by atoms with van der Waals surface area (Å²) < 4.78 is 13.7.